The molecule has 8 heteroatoms. The van der Waals surface area contributed by atoms with Gasteiger partial charge in [0, 0.05) is 44.1 Å². The molecule has 0 aliphatic carbocycles. The number of halogens is 3. The van der Waals surface area contributed by atoms with E-state index < -0.39 is 17.4 Å². The second kappa shape index (κ2) is 6.87. The van der Waals surface area contributed by atoms with Crippen molar-refractivity contribution in [1.29, 1.82) is 0 Å². The fourth-order valence-corrected chi connectivity index (χ4v) is 3.81. The lowest BCUT2D eigenvalue weighted by Gasteiger charge is -2.36. The van der Waals surface area contributed by atoms with E-state index in [0.29, 0.717) is 57.0 Å². The number of fused-ring (bicyclic) bond motifs is 1. The number of piperidine rings is 1. The van der Waals surface area contributed by atoms with Gasteiger partial charge in [0.2, 0.25) is 11.7 Å². The molecular formula is C18H27F3N4O. The first-order valence-electron chi connectivity index (χ1n) is 9.31. The fraction of sp³-hybridized carbons (Fsp3) is 0.778. The highest BCUT2D eigenvalue weighted by Gasteiger charge is 2.41. The Morgan fingerprint density at radius 1 is 1.23 bits per heavy atom. The third kappa shape index (κ3) is 3.48. The van der Waals surface area contributed by atoms with Crippen LogP contribution in [0.3, 0.4) is 0 Å². The van der Waals surface area contributed by atoms with Gasteiger partial charge >= 0.3 is 6.18 Å². The lowest BCUT2D eigenvalue weighted by atomic mass is 9.86. The van der Waals surface area contributed by atoms with Crippen LogP contribution in [0.4, 0.5) is 13.2 Å². The minimum absolute atomic E-state index is 0.0268. The topological polar surface area (TPSA) is 50.2 Å². The maximum absolute atomic E-state index is 13.3. The van der Waals surface area contributed by atoms with Crippen molar-refractivity contribution in [1.82, 2.24) is 19.8 Å². The summed E-state index contributed by atoms with van der Waals surface area (Å²) < 4.78 is 41.3. The van der Waals surface area contributed by atoms with Gasteiger partial charge in [0.15, 0.2) is 0 Å². The molecular weight excluding hydrogens is 345 g/mol. The smallest absolute Gasteiger partial charge is 0.342 e. The predicted molar refractivity (Wildman–Crippen MR) is 91.6 cm³/mol. The Morgan fingerprint density at radius 3 is 2.46 bits per heavy atom. The summed E-state index contributed by atoms with van der Waals surface area (Å²) in [5.41, 5.74) is 0.821. The number of carbonyl (C=O) groups excluding carboxylic acids is 1. The number of hydrogen-bond donors (Lipinski definition) is 1. The van der Waals surface area contributed by atoms with Crippen LogP contribution in [0.15, 0.2) is 0 Å². The highest BCUT2D eigenvalue weighted by Crippen LogP contribution is 2.37. The highest BCUT2D eigenvalue weighted by atomic mass is 19.4. The quantitative estimate of drug-likeness (QED) is 0.887. The van der Waals surface area contributed by atoms with Crippen LogP contribution in [0, 0.1) is 5.41 Å². The summed E-state index contributed by atoms with van der Waals surface area (Å²) in [5.74, 6) is -0.682. The monoisotopic (exact) mass is 372 g/mol. The molecule has 1 N–H and O–H groups in total. The molecule has 0 spiro atoms. The van der Waals surface area contributed by atoms with E-state index in [1.54, 1.807) is 0 Å². The third-order valence-corrected chi connectivity index (χ3v) is 5.79. The van der Waals surface area contributed by atoms with Gasteiger partial charge in [0.1, 0.15) is 0 Å². The van der Waals surface area contributed by atoms with Gasteiger partial charge < -0.3 is 14.8 Å². The molecule has 5 nitrogen and oxygen atoms in total. The van der Waals surface area contributed by atoms with Crippen molar-refractivity contribution in [3.05, 3.63) is 17.2 Å². The van der Waals surface area contributed by atoms with Crippen molar-refractivity contribution in [2.75, 3.05) is 19.6 Å². The normalized spacial score (nSPS) is 19.5. The van der Waals surface area contributed by atoms with Crippen molar-refractivity contribution >= 4 is 5.91 Å². The summed E-state index contributed by atoms with van der Waals surface area (Å²) in [7, 11) is 0. The summed E-state index contributed by atoms with van der Waals surface area (Å²) in [6.07, 6.45) is -2.35. The van der Waals surface area contributed by atoms with E-state index >= 15 is 0 Å². The van der Waals surface area contributed by atoms with E-state index in [4.69, 9.17) is 0 Å². The molecule has 3 heterocycles. The number of hydrogen-bond acceptors (Lipinski definition) is 3. The molecule has 0 bridgehead atoms. The Labute approximate surface area is 152 Å². The number of nitrogens with zero attached hydrogens (tertiary/aromatic N) is 3. The number of nitrogens with one attached hydrogen (secondary N) is 1. The molecule has 1 aromatic rings. The molecule has 1 amide bonds. The van der Waals surface area contributed by atoms with Gasteiger partial charge in [-0.25, -0.2) is 4.98 Å². The summed E-state index contributed by atoms with van der Waals surface area (Å²) in [6.45, 7) is 8.25. The minimum atomic E-state index is -4.44. The molecule has 146 valence electrons. The van der Waals surface area contributed by atoms with Crippen LogP contribution in [-0.2, 0) is 24.1 Å². The lowest BCUT2D eigenvalue weighted by Crippen LogP contribution is -2.44. The Balaban J connectivity index is 1.78. The van der Waals surface area contributed by atoms with Crippen molar-refractivity contribution in [3.8, 4) is 0 Å². The van der Waals surface area contributed by atoms with Gasteiger partial charge in [0.25, 0.3) is 0 Å². The van der Waals surface area contributed by atoms with Crippen LogP contribution in [0.1, 0.15) is 63.2 Å². The molecule has 1 saturated heterocycles. The van der Waals surface area contributed by atoms with Crippen molar-refractivity contribution in [2.24, 2.45) is 5.41 Å². The maximum atomic E-state index is 13.3. The average Bonchev–Trinajstić information content (AvgIpc) is 3.01. The fourth-order valence-electron chi connectivity index (χ4n) is 3.81. The Hall–Kier alpha value is -1.57. The van der Waals surface area contributed by atoms with Crippen LogP contribution in [0.25, 0.3) is 0 Å². The zero-order valence-electron chi connectivity index (χ0n) is 15.6. The molecule has 2 aliphatic heterocycles. The van der Waals surface area contributed by atoms with Gasteiger partial charge in [0.05, 0.1) is 11.4 Å². The molecule has 0 atom stereocenters. The molecule has 3 rings (SSSR count). The van der Waals surface area contributed by atoms with Crippen molar-refractivity contribution < 1.29 is 18.0 Å². The van der Waals surface area contributed by atoms with Crippen molar-refractivity contribution in [3.63, 3.8) is 0 Å². The van der Waals surface area contributed by atoms with Crippen LogP contribution in [0.2, 0.25) is 0 Å². The van der Waals surface area contributed by atoms with Gasteiger partial charge in [-0.1, -0.05) is 20.8 Å². The van der Waals surface area contributed by atoms with E-state index in [2.05, 4.69) is 10.3 Å². The first-order chi connectivity index (χ1) is 12.1. The van der Waals surface area contributed by atoms with Gasteiger partial charge in [-0.3, -0.25) is 4.79 Å². The summed E-state index contributed by atoms with van der Waals surface area (Å²) in [6, 6.07) is 0. The maximum Gasteiger partial charge on any atom is 0.449 e. The molecule has 0 radical (unpaired) electrons. The van der Waals surface area contributed by atoms with E-state index in [1.807, 2.05) is 25.7 Å². The van der Waals surface area contributed by atoms with Gasteiger partial charge in [-0.2, -0.15) is 13.2 Å². The van der Waals surface area contributed by atoms with Crippen LogP contribution >= 0.6 is 0 Å². The van der Waals surface area contributed by atoms with E-state index in [0.717, 1.165) is 6.42 Å². The molecule has 0 unspecified atom stereocenters. The number of carbonyl (C=O) groups is 1. The molecule has 1 aromatic heterocycles. The van der Waals surface area contributed by atoms with Crippen LogP contribution in [0.5, 0.6) is 0 Å². The third-order valence-electron chi connectivity index (χ3n) is 5.79. The summed E-state index contributed by atoms with van der Waals surface area (Å²) >= 11 is 0. The SMILES string of the molecule is CCC(C)(C)C(=O)N1CCC(c2nc(C(F)(F)F)n3c2CNCC3)CC1. The Kier molecular flexibility index (Phi) is 5.07. The number of amides is 1. The number of imidazole rings is 1. The highest BCUT2D eigenvalue weighted by molar-refractivity contribution is 5.82. The zero-order valence-corrected chi connectivity index (χ0v) is 15.6. The number of rotatable bonds is 3. The molecule has 1 fully saturated rings. The number of aromatic nitrogens is 2. The molecule has 2 aliphatic rings. The average molecular weight is 372 g/mol. The lowest BCUT2D eigenvalue weighted by molar-refractivity contribution is -0.147. The van der Waals surface area contributed by atoms with E-state index in [1.165, 1.54) is 4.57 Å². The molecule has 0 saturated carbocycles. The minimum Gasteiger partial charge on any atom is -0.342 e. The second-order valence-corrected chi connectivity index (χ2v) is 7.90. The van der Waals surface area contributed by atoms with Gasteiger partial charge in [-0.15, -0.1) is 0 Å². The van der Waals surface area contributed by atoms with Crippen LogP contribution < -0.4 is 5.32 Å². The summed E-state index contributed by atoms with van der Waals surface area (Å²) in [4.78, 5) is 18.5. The molecule has 26 heavy (non-hydrogen) atoms. The van der Waals surface area contributed by atoms with E-state index in [9.17, 15) is 18.0 Å². The number of alkyl halides is 3. The second-order valence-electron chi connectivity index (χ2n) is 7.90. The zero-order chi connectivity index (χ0) is 19.1. The number of likely N-dealkylation sites (tertiary alicyclic amines) is 1. The predicted octanol–water partition coefficient (Wildman–Crippen LogP) is 3.15. The van der Waals surface area contributed by atoms with Crippen molar-refractivity contribution in [2.45, 2.75) is 65.2 Å². The van der Waals surface area contributed by atoms with Crippen LogP contribution in [-0.4, -0.2) is 40.0 Å². The Bertz CT molecular complexity index is 673. The van der Waals surface area contributed by atoms with E-state index in [-0.39, 0.29) is 11.8 Å². The largest absolute Gasteiger partial charge is 0.449 e. The first kappa shape index (κ1) is 19.2. The summed E-state index contributed by atoms with van der Waals surface area (Å²) in [5, 5.41) is 3.15. The molecule has 0 aromatic carbocycles. The van der Waals surface area contributed by atoms with Gasteiger partial charge in [-0.05, 0) is 19.3 Å². The first-order valence-corrected chi connectivity index (χ1v) is 9.31. The Morgan fingerprint density at radius 2 is 1.88 bits per heavy atom. The standard InChI is InChI=1S/C18H27F3N4O/c1-4-17(2,3)16(26)24-8-5-12(6-9-24)14-13-11-22-7-10-25(13)15(23-14)18(19,20)21/h12,22H,4-11H2,1-3H3.